The number of pyridine rings is 1. The monoisotopic (exact) mass is 475 g/mol. The number of hydrogen-bond acceptors (Lipinski definition) is 5. The Hall–Kier alpha value is -3.84. The lowest BCUT2D eigenvalue weighted by Gasteiger charge is -2.28. The largest absolute Gasteiger partial charge is 0.384 e. The van der Waals surface area contributed by atoms with Crippen LogP contribution in [0.4, 0.5) is 5.82 Å². The van der Waals surface area contributed by atoms with Crippen molar-refractivity contribution in [1.29, 1.82) is 0 Å². The lowest BCUT2D eigenvalue weighted by molar-refractivity contribution is 0.0857. The summed E-state index contributed by atoms with van der Waals surface area (Å²) >= 11 is 0. The van der Waals surface area contributed by atoms with Crippen LogP contribution in [-0.4, -0.2) is 36.4 Å². The zero-order valence-corrected chi connectivity index (χ0v) is 20.9. The Kier molecular flexibility index (Phi) is 5.09. The molecule has 0 spiro atoms. The third kappa shape index (κ3) is 3.45. The number of carbonyl (C=O) groups is 1. The first-order chi connectivity index (χ1) is 17.2. The van der Waals surface area contributed by atoms with Crippen LogP contribution in [0.1, 0.15) is 67.2 Å². The van der Waals surface area contributed by atoms with Crippen molar-refractivity contribution in [3.8, 4) is 0 Å². The number of aromatic nitrogens is 3. The van der Waals surface area contributed by atoms with E-state index in [1.165, 1.54) is 16.7 Å². The molecule has 2 aliphatic rings. The summed E-state index contributed by atoms with van der Waals surface area (Å²) in [5.41, 5.74) is 15.0. The number of nitrogens with two attached hydrogens (primary N) is 1. The first-order valence-electron chi connectivity index (χ1n) is 12.2. The van der Waals surface area contributed by atoms with Crippen LogP contribution in [0, 0.1) is 13.8 Å². The molecule has 4 aromatic rings. The summed E-state index contributed by atoms with van der Waals surface area (Å²) in [6, 6.07) is 16.2. The van der Waals surface area contributed by atoms with Crippen LogP contribution in [0.25, 0.3) is 0 Å². The maximum atomic E-state index is 13.1. The zero-order chi connectivity index (χ0) is 25.2. The molecule has 9 heteroatoms. The number of amides is 1. The number of nitrogens with zero attached hydrogens (tertiary/aromatic N) is 3. The first-order valence-corrected chi connectivity index (χ1v) is 12.2. The number of rotatable bonds is 5. The number of aryl methyl sites for hydroxylation is 2. The van der Waals surface area contributed by atoms with Crippen molar-refractivity contribution >= 4 is 27.4 Å². The fourth-order valence-corrected chi connectivity index (χ4v) is 5.52. The van der Waals surface area contributed by atoms with Gasteiger partial charge in [0.25, 0.3) is 5.91 Å². The van der Waals surface area contributed by atoms with Gasteiger partial charge in [0.1, 0.15) is 33.7 Å². The Morgan fingerprint density at radius 2 is 1.81 bits per heavy atom. The summed E-state index contributed by atoms with van der Waals surface area (Å²) in [6.07, 6.45) is 3.52. The Morgan fingerprint density at radius 1 is 1.08 bits per heavy atom. The van der Waals surface area contributed by atoms with Gasteiger partial charge in [0, 0.05) is 35.5 Å². The second-order valence-corrected chi connectivity index (χ2v) is 10.2. The molecule has 2 aromatic heterocycles. The van der Waals surface area contributed by atoms with E-state index in [-0.39, 0.29) is 23.5 Å². The van der Waals surface area contributed by atoms with E-state index in [1.807, 2.05) is 55.1 Å². The zero-order valence-electron chi connectivity index (χ0n) is 20.9. The lowest BCUT2D eigenvalue weighted by Crippen LogP contribution is -2.36. The van der Waals surface area contributed by atoms with Crippen molar-refractivity contribution in [1.82, 2.24) is 20.1 Å². The van der Waals surface area contributed by atoms with E-state index in [4.69, 9.17) is 10.5 Å². The molecule has 2 aromatic carbocycles. The van der Waals surface area contributed by atoms with Gasteiger partial charge in [0.05, 0.1) is 0 Å². The molecule has 0 saturated carbocycles. The molecular formula is C27H27B2N5O2. The maximum Gasteiger partial charge on any atom is 0.251 e. The van der Waals surface area contributed by atoms with Gasteiger partial charge in [-0.25, -0.2) is 4.98 Å². The van der Waals surface area contributed by atoms with Gasteiger partial charge in [-0.05, 0) is 77.1 Å². The first kappa shape index (κ1) is 22.6. The van der Waals surface area contributed by atoms with Crippen LogP contribution in [-0.2, 0) is 16.6 Å². The van der Waals surface area contributed by atoms with E-state index in [1.54, 1.807) is 6.20 Å². The second kappa shape index (κ2) is 8.10. The van der Waals surface area contributed by atoms with E-state index < -0.39 is 0 Å². The Labute approximate surface area is 211 Å². The predicted molar refractivity (Wildman–Crippen MR) is 143 cm³/mol. The van der Waals surface area contributed by atoms with Gasteiger partial charge in [-0.3, -0.25) is 9.48 Å². The van der Waals surface area contributed by atoms with Crippen LogP contribution in [0.15, 0.2) is 60.9 Å². The molecule has 0 radical (unpaired) electrons. The van der Waals surface area contributed by atoms with Crippen molar-refractivity contribution in [2.24, 2.45) is 0 Å². The van der Waals surface area contributed by atoms with Crippen molar-refractivity contribution in [3.05, 3.63) is 111 Å². The van der Waals surface area contributed by atoms with Gasteiger partial charge in [0.15, 0.2) is 0 Å². The standard InChI is InChI=1S/C27H27B2N5O2/c1-14-10-23(30)33-15(2)22(14)13-31-26(35)16-4-6-18-20(11-16)25-21-12-17(5-7-19(21)24(18)36-25)27(28,29)34-9-3-8-32-34/h3-12,24-25H,13,28-29H2,1-2H3,(H2,30,33)(H,31,35). The van der Waals surface area contributed by atoms with E-state index in [2.05, 4.69) is 49.3 Å². The molecule has 7 nitrogen and oxygen atoms in total. The van der Waals surface area contributed by atoms with E-state index >= 15 is 0 Å². The van der Waals surface area contributed by atoms with E-state index in [0.29, 0.717) is 17.9 Å². The molecule has 6 rings (SSSR count). The van der Waals surface area contributed by atoms with Gasteiger partial charge >= 0.3 is 0 Å². The quantitative estimate of drug-likeness (QED) is 0.430. The molecule has 36 heavy (non-hydrogen) atoms. The van der Waals surface area contributed by atoms with Crippen molar-refractivity contribution in [2.45, 2.75) is 37.9 Å². The molecule has 2 atom stereocenters. The van der Waals surface area contributed by atoms with Crippen LogP contribution >= 0.6 is 0 Å². The van der Waals surface area contributed by atoms with Crippen LogP contribution < -0.4 is 11.1 Å². The second-order valence-electron chi connectivity index (χ2n) is 10.2. The maximum absolute atomic E-state index is 13.1. The summed E-state index contributed by atoms with van der Waals surface area (Å²) in [5.74, 6) is 0.371. The molecule has 178 valence electrons. The van der Waals surface area contributed by atoms with Gasteiger partial charge in [-0.2, -0.15) is 5.10 Å². The van der Waals surface area contributed by atoms with Crippen molar-refractivity contribution in [3.63, 3.8) is 0 Å². The molecule has 0 aliphatic carbocycles. The van der Waals surface area contributed by atoms with Gasteiger partial charge in [0.2, 0.25) is 0 Å². The summed E-state index contributed by atoms with van der Waals surface area (Å²) < 4.78 is 8.38. The number of nitrogen functional groups attached to an aromatic ring is 1. The lowest BCUT2D eigenvalue weighted by atomic mass is 9.58. The Morgan fingerprint density at radius 3 is 2.53 bits per heavy atom. The summed E-state index contributed by atoms with van der Waals surface area (Å²) in [5, 5.41) is 7.21. The Bertz CT molecular complexity index is 1490. The molecule has 0 saturated heterocycles. The van der Waals surface area contributed by atoms with E-state index in [0.717, 1.165) is 27.9 Å². The van der Waals surface area contributed by atoms with Crippen molar-refractivity contribution < 1.29 is 9.53 Å². The number of fused-ring (bicyclic) bond motifs is 8. The molecule has 4 heterocycles. The fraction of sp³-hybridized carbons (Fsp3) is 0.222. The summed E-state index contributed by atoms with van der Waals surface area (Å²) in [4.78, 5) is 17.4. The van der Waals surface area contributed by atoms with Crippen LogP contribution in [0.5, 0.6) is 0 Å². The van der Waals surface area contributed by atoms with Crippen molar-refractivity contribution in [2.75, 3.05) is 5.73 Å². The van der Waals surface area contributed by atoms with Gasteiger partial charge in [-0.1, -0.05) is 24.3 Å². The third-order valence-corrected chi connectivity index (χ3v) is 7.62. The summed E-state index contributed by atoms with van der Waals surface area (Å²) in [6.45, 7) is 4.29. The highest BCUT2D eigenvalue weighted by atomic mass is 16.5. The molecule has 3 N–H and O–H groups in total. The van der Waals surface area contributed by atoms with Crippen LogP contribution in [0.3, 0.4) is 0 Å². The minimum Gasteiger partial charge on any atom is -0.384 e. The molecule has 2 aliphatic heterocycles. The number of hydrogen-bond donors (Lipinski definition) is 2. The topological polar surface area (TPSA) is 95.1 Å². The average Bonchev–Trinajstić information content (AvgIpc) is 3.59. The average molecular weight is 475 g/mol. The highest BCUT2D eigenvalue weighted by Gasteiger charge is 2.43. The highest BCUT2D eigenvalue weighted by Crippen LogP contribution is 2.54. The third-order valence-electron chi connectivity index (χ3n) is 7.62. The molecule has 2 unspecified atom stereocenters. The smallest absolute Gasteiger partial charge is 0.251 e. The predicted octanol–water partition coefficient (Wildman–Crippen LogP) is 1.85. The van der Waals surface area contributed by atoms with Gasteiger partial charge in [-0.15, -0.1) is 0 Å². The highest BCUT2D eigenvalue weighted by molar-refractivity contribution is 6.39. The number of nitrogens with one attached hydrogen (secondary N) is 1. The molecule has 1 amide bonds. The number of anilines is 1. The fourth-order valence-electron chi connectivity index (χ4n) is 5.52. The summed E-state index contributed by atoms with van der Waals surface area (Å²) in [7, 11) is 4.32. The molecule has 0 fully saturated rings. The SMILES string of the molecule is BC(B)(c1ccc2c(c1)C1OC2c2ccc(C(=O)NCc3c(C)cc(N)nc3C)cc21)n1cccn1. The molecular weight excluding hydrogens is 448 g/mol. The van der Waals surface area contributed by atoms with Crippen LogP contribution in [0.2, 0.25) is 0 Å². The minimum atomic E-state index is -0.294. The molecule has 2 bridgehead atoms. The number of ether oxygens (including phenoxy) is 1. The normalized spacial score (nSPS) is 17.6. The Balaban J connectivity index is 1.26. The number of benzene rings is 2. The van der Waals surface area contributed by atoms with E-state index in [9.17, 15) is 4.79 Å². The number of carbonyl (C=O) groups excluding carboxylic acids is 1. The van der Waals surface area contributed by atoms with Gasteiger partial charge < -0.3 is 15.8 Å². The minimum absolute atomic E-state index is 0.0925.